The number of hydrogen-bond donors (Lipinski definition) is 1. The van der Waals surface area contributed by atoms with Crippen LogP contribution in [0.1, 0.15) is 23.7 Å². The Kier molecular flexibility index (Phi) is 3.85. The Morgan fingerprint density at radius 3 is 3.20 bits per heavy atom. The first-order chi connectivity index (χ1) is 9.67. The predicted molar refractivity (Wildman–Crippen MR) is 86.5 cm³/mol. The molecule has 106 valence electrons. The van der Waals surface area contributed by atoms with Crippen molar-refractivity contribution in [1.82, 2.24) is 9.88 Å². The van der Waals surface area contributed by atoms with E-state index in [2.05, 4.69) is 11.9 Å². The molecule has 1 aromatic heterocycles. The zero-order valence-electron chi connectivity index (χ0n) is 11.3. The second kappa shape index (κ2) is 5.61. The van der Waals surface area contributed by atoms with E-state index in [9.17, 15) is 4.79 Å². The summed E-state index contributed by atoms with van der Waals surface area (Å²) in [4.78, 5) is 18.8. The molecule has 3 rings (SSSR count). The van der Waals surface area contributed by atoms with Gasteiger partial charge in [-0.05, 0) is 24.6 Å². The summed E-state index contributed by atoms with van der Waals surface area (Å²) in [6.45, 7) is 3.86. The molecule has 0 bridgehead atoms. The van der Waals surface area contributed by atoms with Gasteiger partial charge in [-0.1, -0.05) is 18.3 Å². The average molecular weight is 307 g/mol. The number of fused-ring (bicyclic) bond motifs is 1. The smallest absolute Gasteiger partial charge is 0.253 e. The quantitative estimate of drug-likeness (QED) is 0.927. The second-order valence-electron chi connectivity index (χ2n) is 4.89. The summed E-state index contributed by atoms with van der Waals surface area (Å²) in [6.07, 6.45) is 1.11. The third-order valence-electron chi connectivity index (χ3n) is 3.53. The number of anilines is 1. The summed E-state index contributed by atoms with van der Waals surface area (Å²) in [5.74, 6) is 1.15. The van der Waals surface area contributed by atoms with Gasteiger partial charge >= 0.3 is 0 Å². The zero-order valence-corrected chi connectivity index (χ0v) is 13.0. The number of nitrogens with two attached hydrogens (primary N) is 1. The van der Waals surface area contributed by atoms with Crippen LogP contribution in [-0.4, -0.2) is 39.9 Å². The third-order valence-corrected chi connectivity index (χ3v) is 5.75. The van der Waals surface area contributed by atoms with Crippen LogP contribution in [0.25, 0.3) is 10.2 Å². The summed E-state index contributed by atoms with van der Waals surface area (Å²) >= 11 is 3.39. The number of aromatic nitrogens is 1. The van der Waals surface area contributed by atoms with Crippen molar-refractivity contribution in [3.63, 3.8) is 0 Å². The highest BCUT2D eigenvalue weighted by molar-refractivity contribution is 8.00. The first-order valence-corrected chi connectivity index (χ1v) is 8.61. The normalized spacial score (nSPS) is 19.4. The minimum absolute atomic E-state index is 0.123. The average Bonchev–Trinajstić information content (AvgIpc) is 2.85. The molecule has 1 aliphatic heterocycles. The number of hydrogen-bond acceptors (Lipinski definition) is 5. The fourth-order valence-corrected chi connectivity index (χ4v) is 4.36. The summed E-state index contributed by atoms with van der Waals surface area (Å²) in [6, 6.07) is 5.65. The van der Waals surface area contributed by atoms with Crippen molar-refractivity contribution in [2.24, 2.45) is 0 Å². The Morgan fingerprint density at radius 2 is 2.40 bits per heavy atom. The van der Waals surface area contributed by atoms with Gasteiger partial charge in [-0.2, -0.15) is 11.8 Å². The Hall–Kier alpha value is -1.27. The number of thiazole rings is 1. The minimum atomic E-state index is 0.123. The second-order valence-corrected chi connectivity index (χ2v) is 7.36. The number of carbonyl (C=O) groups is 1. The summed E-state index contributed by atoms with van der Waals surface area (Å²) in [5, 5.41) is 1.11. The standard InChI is InChI=1S/C14H17N3OS2/c1-2-10-8-17(5-6-19-10)13(18)9-3-4-11-12(7-9)20-14(15)16-11/h3-4,7,10H,2,5-6,8H2,1H3,(H2,15,16). The number of benzene rings is 1. The monoisotopic (exact) mass is 307 g/mol. The number of thioether (sulfide) groups is 1. The van der Waals surface area contributed by atoms with Crippen molar-refractivity contribution < 1.29 is 4.79 Å². The van der Waals surface area contributed by atoms with E-state index < -0.39 is 0 Å². The van der Waals surface area contributed by atoms with Gasteiger partial charge in [0.05, 0.1) is 10.2 Å². The molecule has 2 heterocycles. The van der Waals surface area contributed by atoms with Gasteiger partial charge in [-0.3, -0.25) is 4.79 Å². The lowest BCUT2D eigenvalue weighted by Gasteiger charge is -2.32. The van der Waals surface area contributed by atoms with Gasteiger partial charge in [0.15, 0.2) is 5.13 Å². The predicted octanol–water partition coefficient (Wildman–Crippen LogP) is 2.85. The number of carbonyl (C=O) groups excluding carboxylic acids is 1. The molecule has 1 atom stereocenters. The highest BCUT2D eigenvalue weighted by atomic mass is 32.2. The largest absolute Gasteiger partial charge is 0.375 e. The van der Waals surface area contributed by atoms with Crippen molar-refractivity contribution in [3.8, 4) is 0 Å². The highest BCUT2D eigenvalue weighted by Gasteiger charge is 2.24. The summed E-state index contributed by atoms with van der Waals surface area (Å²) in [7, 11) is 0. The molecule has 4 nitrogen and oxygen atoms in total. The molecule has 0 saturated carbocycles. The third kappa shape index (κ3) is 2.62. The van der Waals surface area contributed by atoms with Crippen LogP contribution in [0.15, 0.2) is 18.2 Å². The lowest BCUT2D eigenvalue weighted by atomic mass is 10.1. The molecule has 0 radical (unpaired) electrons. The Balaban J connectivity index is 1.84. The van der Waals surface area contributed by atoms with Gasteiger partial charge in [0.25, 0.3) is 5.91 Å². The molecule has 2 N–H and O–H groups in total. The van der Waals surface area contributed by atoms with Gasteiger partial charge < -0.3 is 10.6 Å². The van der Waals surface area contributed by atoms with E-state index in [0.717, 1.165) is 41.0 Å². The van der Waals surface area contributed by atoms with Crippen molar-refractivity contribution in [1.29, 1.82) is 0 Å². The van der Waals surface area contributed by atoms with Crippen LogP contribution in [0.2, 0.25) is 0 Å². The van der Waals surface area contributed by atoms with Gasteiger partial charge in [-0.25, -0.2) is 4.98 Å². The maximum atomic E-state index is 12.6. The van der Waals surface area contributed by atoms with Gasteiger partial charge in [0.2, 0.25) is 0 Å². The summed E-state index contributed by atoms with van der Waals surface area (Å²) < 4.78 is 0.978. The first-order valence-electron chi connectivity index (χ1n) is 6.74. The zero-order chi connectivity index (χ0) is 14.1. The Morgan fingerprint density at radius 1 is 1.55 bits per heavy atom. The molecule has 0 aliphatic carbocycles. The molecule has 1 fully saturated rings. The van der Waals surface area contributed by atoms with Gasteiger partial charge in [0, 0.05) is 29.7 Å². The van der Waals surface area contributed by atoms with Crippen LogP contribution >= 0.6 is 23.1 Å². The van der Waals surface area contributed by atoms with E-state index in [0.29, 0.717) is 10.4 Å². The van der Waals surface area contributed by atoms with E-state index in [1.54, 1.807) is 0 Å². The molecular weight excluding hydrogens is 290 g/mol. The van der Waals surface area contributed by atoms with Crippen LogP contribution < -0.4 is 5.73 Å². The van der Waals surface area contributed by atoms with E-state index >= 15 is 0 Å². The summed E-state index contributed by atoms with van der Waals surface area (Å²) in [5.41, 5.74) is 7.31. The molecule has 1 amide bonds. The topological polar surface area (TPSA) is 59.2 Å². The fraction of sp³-hybridized carbons (Fsp3) is 0.429. The SMILES string of the molecule is CCC1CN(C(=O)c2ccc3nc(N)sc3c2)CCS1. The van der Waals surface area contributed by atoms with Crippen molar-refractivity contribution in [2.75, 3.05) is 24.6 Å². The van der Waals surface area contributed by atoms with Crippen LogP contribution in [0.3, 0.4) is 0 Å². The van der Waals surface area contributed by atoms with E-state index in [4.69, 9.17) is 5.73 Å². The Labute approximate surface area is 126 Å². The Bertz CT molecular complexity index is 640. The highest BCUT2D eigenvalue weighted by Crippen LogP contribution is 2.26. The molecule has 1 unspecified atom stereocenters. The molecule has 0 spiro atoms. The van der Waals surface area contributed by atoms with Crippen molar-refractivity contribution in [2.45, 2.75) is 18.6 Å². The van der Waals surface area contributed by atoms with Gasteiger partial charge in [-0.15, -0.1) is 0 Å². The van der Waals surface area contributed by atoms with Crippen LogP contribution in [0.4, 0.5) is 5.13 Å². The molecule has 1 aliphatic rings. The number of nitrogen functional groups attached to an aromatic ring is 1. The molecule has 1 aromatic carbocycles. The van der Waals surface area contributed by atoms with Crippen LogP contribution in [0.5, 0.6) is 0 Å². The lowest BCUT2D eigenvalue weighted by molar-refractivity contribution is 0.0761. The number of amides is 1. The fourth-order valence-electron chi connectivity index (χ4n) is 2.41. The maximum Gasteiger partial charge on any atom is 0.253 e. The van der Waals surface area contributed by atoms with E-state index in [1.165, 1.54) is 11.3 Å². The maximum absolute atomic E-state index is 12.6. The number of rotatable bonds is 2. The molecule has 6 heteroatoms. The molecule has 20 heavy (non-hydrogen) atoms. The molecular formula is C14H17N3OS2. The lowest BCUT2D eigenvalue weighted by Crippen LogP contribution is -2.41. The first kappa shape index (κ1) is 13.7. The van der Waals surface area contributed by atoms with E-state index in [1.807, 2.05) is 34.9 Å². The van der Waals surface area contributed by atoms with Crippen molar-refractivity contribution >= 4 is 44.4 Å². The number of nitrogens with zero attached hydrogens (tertiary/aromatic N) is 2. The minimum Gasteiger partial charge on any atom is -0.375 e. The molecule has 1 saturated heterocycles. The van der Waals surface area contributed by atoms with Crippen LogP contribution in [0, 0.1) is 0 Å². The van der Waals surface area contributed by atoms with Crippen molar-refractivity contribution in [3.05, 3.63) is 23.8 Å². The van der Waals surface area contributed by atoms with Gasteiger partial charge in [0.1, 0.15) is 0 Å². The van der Waals surface area contributed by atoms with E-state index in [-0.39, 0.29) is 5.91 Å². The molecule has 2 aromatic rings. The van der Waals surface area contributed by atoms with Crippen LogP contribution in [-0.2, 0) is 0 Å².